The topological polar surface area (TPSA) is 115 Å². The van der Waals surface area contributed by atoms with Crippen LogP contribution in [0.3, 0.4) is 0 Å². The minimum absolute atomic E-state index is 0.0586. The van der Waals surface area contributed by atoms with Gasteiger partial charge in [-0.1, -0.05) is 6.07 Å². The number of carbonyl (C=O) groups is 3. The number of benzene rings is 2. The van der Waals surface area contributed by atoms with Crippen molar-refractivity contribution in [3.05, 3.63) is 56.7 Å². The van der Waals surface area contributed by atoms with Gasteiger partial charge in [-0.2, -0.15) is 10.1 Å². The van der Waals surface area contributed by atoms with E-state index in [1.807, 2.05) is 0 Å². The average molecular weight is 564 g/mol. The van der Waals surface area contributed by atoms with Crippen molar-refractivity contribution in [2.75, 3.05) is 25.3 Å². The molecule has 0 fully saturated rings. The number of hydrogen-bond donors (Lipinski definition) is 1. The van der Waals surface area contributed by atoms with Crippen LogP contribution < -0.4 is 14.5 Å². The normalized spacial score (nSPS) is 14.3. The van der Waals surface area contributed by atoms with E-state index in [0.717, 1.165) is 0 Å². The van der Waals surface area contributed by atoms with E-state index in [1.165, 1.54) is 24.3 Å². The second-order valence-electron chi connectivity index (χ2n) is 6.84. The molecule has 1 N–H and O–H groups in total. The number of anilines is 1. The zero-order chi connectivity index (χ0) is 24.1. The number of esters is 1. The smallest absolute Gasteiger partial charge is 0.344 e. The number of amides is 1. The lowest BCUT2D eigenvalue weighted by molar-refractivity contribution is -0.145. The molecule has 0 saturated carbocycles. The molecule has 0 unspecified atom stereocenters. The van der Waals surface area contributed by atoms with Crippen LogP contribution in [0.4, 0.5) is 5.69 Å². The fraction of sp³-hybridized carbons (Fsp3) is 0.217. The van der Waals surface area contributed by atoms with Crippen molar-refractivity contribution in [2.45, 2.75) is 13.8 Å². The van der Waals surface area contributed by atoms with Crippen molar-refractivity contribution in [2.24, 2.45) is 5.10 Å². The van der Waals surface area contributed by atoms with Crippen molar-refractivity contribution >= 4 is 57.9 Å². The maximum Gasteiger partial charge on any atom is 0.344 e. The number of aromatic carboxylic acids is 1. The summed E-state index contributed by atoms with van der Waals surface area (Å²) in [5.74, 6) is -1.18. The van der Waals surface area contributed by atoms with Gasteiger partial charge < -0.3 is 19.3 Å². The standard InChI is InChI=1S/C23H21IN2O7/c1-4-32-20(27)12-33-21-18(24)9-14(10-19(21)31-3)8-17-13(2)25-26(22(17)28)16-7-5-6-15(11-16)23(29)30/h5-11H,4,12H2,1-3H3,(H,29,30)/b17-8+. The summed E-state index contributed by atoms with van der Waals surface area (Å²) in [6, 6.07) is 9.47. The number of rotatable bonds is 8. The van der Waals surface area contributed by atoms with Crippen molar-refractivity contribution in [1.29, 1.82) is 0 Å². The van der Waals surface area contributed by atoms with Crippen LogP contribution in [0.25, 0.3) is 6.08 Å². The van der Waals surface area contributed by atoms with Crippen LogP contribution in [-0.4, -0.2) is 49.0 Å². The van der Waals surface area contributed by atoms with Gasteiger partial charge in [-0.3, -0.25) is 4.79 Å². The summed E-state index contributed by atoms with van der Waals surface area (Å²) in [7, 11) is 1.48. The summed E-state index contributed by atoms with van der Waals surface area (Å²) in [6.07, 6.45) is 1.67. The molecular weight excluding hydrogens is 543 g/mol. The van der Waals surface area contributed by atoms with E-state index in [1.54, 1.807) is 44.2 Å². The summed E-state index contributed by atoms with van der Waals surface area (Å²) in [4.78, 5) is 35.9. The van der Waals surface area contributed by atoms with Gasteiger partial charge in [0.05, 0.1) is 39.8 Å². The van der Waals surface area contributed by atoms with E-state index in [-0.39, 0.29) is 24.7 Å². The summed E-state index contributed by atoms with van der Waals surface area (Å²) in [5, 5.41) is 14.7. The third-order valence-electron chi connectivity index (χ3n) is 4.60. The third-order valence-corrected chi connectivity index (χ3v) is 5.40. The van der Waals surface area contributed by atoms with Crippen molar-refractivity contribution in [3.8, 4) is 11.5 Å². The van der Waals surface area contributed by atoms with E-state index in [2.05, 4.69) is 27.7 Å². The first-order valence-corrected chi connectivity index (χ1v) is 10.9. The number of nitrogens with zero attached hydrogens (tertiary/aromatic N) is 2. The lowest BCUT2D eigenvalue weighted by atomic mass is 10.1. The Hall–Kier alpha value is -3.41. The first kappa shape index (κ1) is 24.2. The lowest BCUT2D eigenvalue weighted by Crippen LogP contribution is -2.21. The van der Waals surface area contributed by atoms with Gasteiger partial charge in [0.15, 0.2) is 18.1 Å². The lowest BCUT2D eigenvalue weighted by Gasteiger charge is -2.14. The first-order chi connectivity index (χ1) is 15.7. The molecule has 0 aromatic heterocycles. The first-order valence-electron chi connectivity index (χ1n) is 9.86. The zero-order valence-corrected chi connectivity index (χ0v) is 20.3. The SMILES string of the molecule is CCOC(=O)COc1c(I)cc(/C=C2/C(=O)N(c3cccc(C(=O)O)c3)N=C2C)cc1OC. The van der Waals surface area contributed by atoms with Crippen LogP contribution in [0.1, 0.15) is 29.8 Å². The van der Waals surface area contributed by atoms with Gasteiger partial charge in [-0.05, 0) is 78.4 Å². The molecule has 1 aliphatic rings. The molecule has 9 nitrogen and oxygen atoms in total. The molecule has 3 rings (SSSR count). The summed E-state index contributed by atoms with van der Waals surface area (Å²) in [6.45, 7) is 3.42. The molecule has 0 atom stereocenters. The number of hydrogen-bond acceptors (Lipinski definition) is 7. The van der Waals surface area contributed by atoms with Gasteiger partial charge in [-0.15, -0.1) is 0 Å². The van der Waals surface area contributed by atoms with Crippen LogP contribution >= 0.6 is 22.6 Å². The number of carboxylic acid groups (broad SMARTS) is 1. The number of hydrazone groups is 1. The van der Waals surface area contributed by atoms with Crippen LogP contribution in [0.2, 0.25) is 0 Å². The minimum atomic E-state index is -1.09. The van der Waals surface area contributed by atoms with Crippen LogP contribution in [-0.2, 0) is 14.3 Å². The highest BCUT2D eigenvalue weighted by atomic mass is 127. The second-order valence-corrected chi connectivity index (χ2v) is 8.01. The van der Waals surface area contributed by atoms with Gasteiger partial charge in [0, 0.05) is 0 Å². The van der Waals surface area contributed by atoms with E-state index in [4.69, 9.17) is 14.2 Å². The highest BCUT2D eigenvalue weighted by molar-refractivity contribution is 14.1. The highest BCUT2D eigenvalue weighted by Crippen LogP contribution is 2.35. The molecule has 2 aromatic carbocycles. The number of ether oxygens (including phenoxy) is 3. The number of carbonyl (C=O) groups excluding carboxylic acids is 2. The summed E-state index contributed by atoms with van der Waals surface area (Å²) in [5.41, 5.74) is 1.92. The Labute approximate surface area is 203 Å². The Kier molecular flexibility index (Phi) is 7.69. The molecular formula is C23H21IN2O7. The number of methoxy groups -OCH3 is 1. The molecule has 10 heteroatoms. The van der Waals surface area contributed by atoms with E-state index >= 15 is 0 Å². The molecule has 0 radical (unpaired) electrons. The van der Waals surface area contributed by atoms with Crippen LogP contribution in [0, 0.1) is 3.57 Å². The molecule has 1 heterocycles. The van der Waals surface area contributed by atoms with E-state index in [0.29, 0.717) is 37.6 Å². The van der Waals surface area contributed by atoms with Gasteiger partial charge >= 0.3 is 11.9 Å². The highest BCUT2D eigenvalue weighted by Gasteiger charge is 2.29. The fourth-order valence-electron chi connectivity index (χ4n) is 3.09. The molecule has 1 aliphatic heterocycles. The van der Waals surface area contributed by atoms with Crippen molar-refractivity contribution in [3.63, 3.8) is 0 Å². The Bertz CT molecular complexity index is 1170. The molecule has 172 valence electrons. The largest absolute Gasteiger partial charge is 0.493 e. The van der Waals surface area contributed by atoms with E-state index < -0.39 is 11.9 Å². The second kappa shape index (κ2) is 10.5. The average Bonchev–Trinajstić information content (AvgIpc) is 3.06. The van der Waals surface area contributed by atoms with Gasteiger partial charge in [0.25, 0.3) is 5.91 Å². The molecule has 1 amide bonds. The molecule has 0 spiro atoms. The quantitative estimate of drug-likeness (QED) is 0.295. The Morgan fingerprint density at radius 3 is 2.67 bits per heavy atom. The van der Waals surface area contributed by atoms with Crippen molar-refractivity contribution < 1.29 is 33.7 Å². The summed E-state index contributed by atoms with van der Waals surface area (Å²) >= 11 is 2.06. The number of halogens is 1. The van der Waals surface area contributed by atoms with E-state index in [9.17, 15) is 19.5 Å². The van der Waals surface area contributed by atoms with Crippen molar-refractivity contribution in [1.82, 2.24) is 0 Å². The monoisotopic (exact) mass is 564 g/mol. The molecule has 2 aromatic rings. The molecule has 33 heavy (non-hydrogen) atoms. The van der Waals surface area contributed by atoms with Crippen LogP contribution in [0.15, 0.2) is 47.1 Å². The Balaban J connectivity index is 1.88. The van der Waals surface area contributed by atoms with Gasteiger partial charge in [-0.25, -0.2) is 9.59 Å². The Morgan fingerprint density at radius 2 is 2.00 bits per heavy atom. The molecule has 0 saturated heterocycles. The predicted molar refractivity (Wildman–Crippen MR) is 130 cm³/mol. The molecule has 0 bridgehead atoms. The summed E-state index contributed by atoms with van der Waals surface area (Å²) < 4.78 is 16.5. The Morgan fingerprint density at radius 1 is 1.24 bits per heavy atom. The maximum absolute atomic E-state index is 13.0. The predicted octanol–water partition coefficient (Wildman–Crippen LogP) is 3.75. The molecule has 0 aliphatic carbocycles. The maximum atomic E-state index is 13.0. The van der Waals surface area contributed by atoms with Crippen LogP contribution in [0.5, 0.6) is 11.5 Å². The third kappa shape index (κ3) is 5.51. The minimum Gasteiger partial charge on any atom is -0.493 e. The zero-order valence-electron chi connectivity index (χ0n) is 18.1. The number of carboxylic acids is 1. The van der Waals surface area contributed by atoms with Gasteiger partial charge in [0.1, 0.15) is 0 Å². The van der Waals surface area contributed by atoms with Gasteiger partial charge in [0.2, 0.25) is 0 Å². The fourth-order valence-corrected chi connectivity index (χ4v) is 3.87.